The molecular weight excluding hydrogens is 206 g/mol. The lowest BCUT2D eigenvalue weighted by Gasteiger charge is -2.05. The van der Waals surface area contributed by atoms with Gasteiger partial charge in [-0.25, -0.2) is 8.78 Å². The first-order valence-corrected chi connectivity index (χ1v) is 5.05. The summed E-state index contributed by atoms with van der Waals surface area (Å²) in [7, 11) is 0. The van der Waals surface area contributed by atoms with Crippen LogP contribution >= 0.6 is 12.6 Å². The zero-order valence-corrected chi connectivity index (χ0v) is 8.57. The van der Waals surface area contributed by atoms with E-state index in [0.717, 1.165) is 24.7 Å². The van der Waals surface area contributed by atoms with Crippen molar-refractivity contribution < 1.29 is 13.5 Å². The molecule has 0 saturated heterocycles. The quantitative estimate of drug-likeness (QED) is 0.590. The second-order valence-electron chi connectivity index (χ2n) is 2.88. The van der Waals surface area contributed by atoms with E-state index in [1.54, 1.807) is 0 Å². The maximum absolute atomic E-state index is 12.7. The minimum atomic E-state index is -0.616. The summed E-state index contributed by atoms with van der Waals surface area (Å²) in [5, 5.41) is 0. The molecule has 0 N–H and O–H groups in total. The van der Waals surface area contributed by atoms with Crippen molar-refractivity contribution in [2.24, 2.45) is 0 Å². The van der Waals surface area contributed by atoms with E-state index < -0.39 is 11.6 Å². The first kappa shape index (κ1) is 11.3. The molecule has 78 valence electrons. The Morgan fingerprint density at radius 1 is 1.07 bits per heavy atom. The maximum Gasteiger partial charge on any atom is 0.129 e. The lowest BCUT2D eigenvalue weighted by molar-refractivity contribution is 0.306. The highest BCUT2D eigenvalue weighted by atomic mass is 32.1. The van der Waals surface area contributed by atoms with Gasteiger partial charge in [0, 0.05) is 18.2 Å². The summed E-state index contributed by atoms with van der Waals surface area (Å²) >= 11 is 4.04. The zero-order valence-electron chi connectivity index (χ0n) is 7.67. The monoisotopic (exact) mass is 218 g/mol. The van der Waals surface area contributed by atoms with E-state index in [2.05, 4.69) is 12.6 Å². The third kappa shape index (κ3) is 3.96. The van der Waals surface area contributed by atoms with E-state index in [-0.39, 0.29) is 5.75 Å². The molecule has 0 saturated carbocycles. The molecule has 0 aliphatic carbocycles. The largest absolute Gasteiger partial charge is 0.493 e. The predicted octanol–water partition coefficient (Wildman–Crippen LogP) is 3.05. The van der Waals surface area contributed by atoms with Gasteiger partial charge in [-0.15, -0.1) is 0 Å². The van der Waals surface area contributed by atoms with Crippen molar-refractivity contribution >= 4 is 12.6 Å². The third-order valence-electron chi connectivity index (χ3n) is 1.66. The SMILES string of the molecule is Fc1cc(F)cc(OCCCCS)c1. The number of halogens is 2. The van der Waals surface area contributed by atoms with Crippen LogP contribution < -0.4 is 4.74 Å². The fourth-order valence-electron chi connectivity index (χ4n) is 1.02. The Labute approximate surface area is 87.5 Å². The molecule has 0 radical (unpaired) electrons. The van der Waals surface area contributed by atoms with Gasteiger partial charge in [0.05, 0.1) is 6.61 Å². The van der Waals surface area contributed by atoms with Gasteiger partial charge < -0.3 is 4.74 Å². The molecule has 0 atom stereocenters. The van der Waals surface area contributed by atoms with Crippen molar-refractivity contribution in [2.75, 3.05) is 12.4 Å². The van der Waals surface area contributed by atoms with Crippen molar-refractivity contribution in [3.05, 3.63) is 29.8 Å². The van der Waals surface area contributed by atoms with E-state index in [1.807, 2.05) is 0 Å². The zero-order chi connectivity index (χ0) is 10.4. The van der Waals surface area contributed by atoms with E-state index >= 15 is 0 Å². The molecule has 0 aliphatic rings. The number of hydrogen-bond acceptors (Lipinski definition) is 2. The van der Waals surface area contributed by atoms with Crippen LogP contribution in [0.25, 0.3) is 0 Å². The van der Waals surface area contributed by atoms with Gasteiger partial charge in [0.2, 0.25) is 0 Å². The molecule has 0 bridgehead atoms. The third-order valence-corrected chi connectivity index (χ3v) is 1.97. The molecular formula is C10H12F2OS. The molecule has 0 aliphatic heterocycles. The second-order valence-corrected chi connectivity index (χ2v) is 3.33. The van der Waals surface area contributed by atoms with Crippen LogP contribution in [0.4, 0.5) is 8.78 Å². The Morgan fingerprint density at radius 3 is 2.29 bits per heavy atom. The molecule has 0 fully saturated rings. The van der Waals surface area contributed by atoms with Gasteiger partial charge in [-0.05, 0) is 18.6 Å². The number of benzene rings is 1. The van der Waals surface area contributed by atoms with Gasteiger partial charge in [-0.3, -0.25) is 0 Å². The van der Waals surface area contributed by atoms with Crippen LogP contribution in [0.1, 0.15) is 12.8 Å². The van der Waals surface area contributed by atoms with Crippen LogP contribution in [-0.4, -0.2) is 12.4 Å². The van der Waals surface area contributed by atoms with Crippen LogP contribution in [0.15, 0.2) is 18.2 Å². The van der Waals surface area contributed by atoms with Crippen molar-refractivity contribution in [3.8, 4) is 5.75 Å². The molecule has 0 amide bonds. The molecule has 1 nitrogen and oxygen atoms in total. The summed E-state index contributed by atoms with van der Waals surface area (Å²) in [5.74, 6) is -0.203. The Bertz CT molecular complexity index is 271. The predicted molar refractivity (Wildman–Crippen MR) is 54.9 cm³/mol. The highest BCUT2D eigenvalue weighted by molar-refractivity contribution is 7.80. The van der Waals surface area contributed by atoms with Gasteiger partial charge in [0.1, 0.15) is 17.4 Å². The fourth-order valence-corrected chi connectivity index (χ4v) is 1.24. The Balaban J connectivity index is 2.42. The van der Waals surface area contributed by atoms with E-state index in [1.165, 1.54) is 12.1 Å². The topological polar surface area (TPSA) is 9.23 Å². The standard InChI is InChI=1S/C10H12F2OS/c11-8-5-9(12)7-10(6-8)13-3-1-2-4-14/h5-7,14H,1-4H2. The van der Waals surface area contributed by atoms with Crippen LogP contribution in [0.2, 0.25) is 0 Å². The fraction of sp³-hybridized carbons (Fsp3) is 0.400. The number of unbranched alkanes of at least 4 members (excludes halogenated alkanes) is 1. The van der Waals surface area contributed by atoms with Gasteiger partial charge >= 0.3 is 0 Å². The number of hydrogen-bond donors (Lipinski definition) is 1. The van der Waals surface area contributed by atoms with Crippen molar-refractivity contribution in [2.45, 2.75) is 12.8 Å². The normalized spacial score (nSPS) is 10.2. The summed E-state index contributed by atoms with van der Waals surface area (Å²) in [6.07, 6.45) is 1.77. The number of rotatable bonds is 5. The first-order valence-electron chi connectivity index (χ1n) is 4.42. The smallest absolute Gasteiger partial charge is 0.129 e. The summed E-state index contributed by atoms with van der Waals surface area (Å²) in [6, 6.07) is 3.16. The minimum absolute atomic E-state index is 0.238. The lowest BCUT2D eigenvalue weighted by atomic mass is 10.3. The highest BCUT2D eigenvalue weighted by Gasteiger charge is 2.00. The molecule has 0 unspecified atom stereocenters. The summed E-state index contributed by atoms with van der Waals surface area (Å²) < 4.78 is 30.5. The van der Waals surface area contributed by atoms with Gasteiger partial charge in [-0.2, -0.15) is 12.6 Å². The summed E-state index contributed by atoms with van der Waals surface area (Å²) in [6.45, 7) is 0.462. The number of thiol groups is 1. The van der Waals surface area contributed by atoms with E-state index in [4.69, 9.17) is 4.74 Å². The van der Waals surface area contributed by atoms with Gasteiger partial charge in [0.25, 0.3) is 0 Å². The molecule has 1 rings (SSSR count). The van der Waals surface area contributed by atoms with Crippen molar-refractivity contribution in [1.29, 1.82) is 0 Å². The Morgan fingerprint density at radius 2 is 1.71 bits per heavy atom. The average Bonchev–Trinajstić information content (AvgIpc) is 2.11. The van der Waals surface area contributed by atoms with Crippen LogP contribution in [-0.2, 0) is 0 Å². The lowest BCUT2D eigenvalue weighted by Crippen LogP contribution is -1.98. The van der Waals surface area contributed by atoms with E-state index in [9.17, 15) is 8.78 Å². The molecule has 0 heterocycles. The summed E-state index contributed by atoms with van der Waals surface area (Å²) in [5.41, 5.74) is 0. The van der Waals surface area contributed by atoms with Crippen LogP contribution in [0, 0.1) is 11.6 Å². The average molecular weight is 218 g/mol. The molecule has 0 aromatic heterocycles. The van der Waals surface area contributed by atoms with Crippen LogP contribution in [0.3, 0.4) is 0 Å². The van der Waals surface area contributed by atoms with E-state index in [0.29, 0.717) is 6.61 Å². The number of ether oxygens (including phenoxy) is 1. The Kier molecular flexibility index (Phi) is 4.73. The molecule has 0 spiro atoms. The Hall–Kier alpha value is -0.770. The summed E-state index contributed by atoms with van der Waals surface area (Å²) in [4.78, 5) is 0. The molecule has 1 aromatic rings. The maximum atomic E-state index is 12.7. The van der Waals surface area contributed by atoms with Gasteiger partial charge in [-0.1, -0.05) is 0 Å². The molecule has 14 heavy (non-hydrogen) atoms. The minimum Gasteiger partial charge on any atom is -0.493 e. The van der Waals surface area contributed by atoms with Crippen molar-refractivity contribution in [1.82, 2.24) is 0 Å². The molecule has 1 aromatic carbocycles. The highest BCUT2D eigenvalue weighted by Crippen LogP contribution is 2.15. The van der Waals surface area contributed by atoms with Crippen LogP contribution in [0.5, 0.6) is 5.75 Å². The van der Waals surface area contributed by atoms with Gasteiger partial charge in [0.15, 0.2) is 0 Å². The second kappa shape index (κ2) is 5.86. The first-order chi connectivity index (χ1) is 6.72. The van der Waals surface area contributed by atoms with Crippen molar-refractivity contribution in [3.63, 3.8) is 0 Å². The molecule has 4 heteroatoms.